The van der Waals surface area contributed by atoms with Crippen molar-refractivity contribution in [3.05, 3.63) is 82.9 Å². The molecule has 3 aromatic rings. The highest BCUT2D eigenvalue weighted by Crippen LogP contribution is 2.56. The Morgan fingerprint density at radius 1 is 0.760 bits per heavy atom. The summed E-state index contributed by atoms with van der Waals surface area (Å²) in [6.45, 7) is 0. The number of carbonyl (C=O) groups is 1. The van der Waals surface area contributed by atoms with Crippen molar-refractivity contribution >= 4 is 17.3 Å². The van der Waals surface area contributed by atoms with Crippen molar-refractivity contribution in [1.29, 1.82) is 0 Å². The molecule has 0 bridgehead atoms. The predicted octanol–water partition coefficient (Wildman–Crippen LogP) is 3.42. The summed E-state index contributed by atoms with van der Waals surface area (Å²) in [7, 11) is 0. The average molecular weight is 330 g/mol. The number of fused-ring (bicyclic) bond motifs is 6. The van der Waals surface area contributed by atoms with Gasteiger partial charge < -0.3 is 20.9 Å². The van der Waals surface area contributed by atoms with Crippen LogP contribution >= 0.6 is 0 Å². The van der Waals surface area contributed by atoms with Crippen molar-refractivity contribution in [2.24, 2.45) is 0 Å². The fourth-order valence-corrected chi connectivity index (χ4v) is 3.75. The molecule has 2 aliphatic heterocycles. The summed E-state index contributed by atoms with van der Waals surface area (Å²) in [6.07, 6.45) is 0. The van der Waals surface area contributed by atoms with E-state index in [9.17, 15) is 4.79 Å². The summed E-state index contributed by atoms with van der Waals surface area (Å²) in [5.74, 6) is 0.820. The first-order valence-electron chi connectivity index (χ1n) is 7.91. The molecule has 1 spiro atoms. The number of hydrogen-bond donors (Lipinski definition) is 2. The molecule has 2 aliphatic rings. The number of ether oxygens (including phenoxy) is 2. The zero-order valence-corrected chi connectivity index (χ0v) is 13.2. The van der Waals surface area contributed by atoms with Gasteiger partial charge in [0.1, 0.15) is 11.5 Å². The van der Waals surface area contributed by atoms with Crippen LogP contribution in [0.25, 0.3) is 0 Å². The molecule has 122 valence electrons. The number of esters is 1. The first-order chi connectivity index (χ1) is 12.1. The molecule has 0 aromatic heterocycles. The smallest absolute Gasteiger partial charge is 0.342 e. The number of carbonyl (C=O) groups excluding carboxylic acids is 1. The van der Waals surface area contributed by atoms with Crippen LogP contribution in [0.15, 0.2) is 60.7 Å². The van der Waals surface area contributed by atoms with Crippen molar-refractivity contribution in [3.8, 4) is 11.5 Å². The predicted molar refractivity (Wildman–Crippen MR) is 93.5 cm³/mol. The molecule has 0 unspecified atom stereocenters. The van der Waals surface area contributed by atoms with Gasteiger partial charge in [-0.1, -0.05) is 42.5 Å². The monoisotopic (exact) mass is 330 g/mol. The fraction of sp³-hybridized carbons (Fsp3) is 0.0500. The summed E-state index contributed by atoms with van der Waals surface area (Å²) in [4.78, 5) is 12.7. The topological polar surface area (TPSA) is 87.6 Å². The second-order valence-corrected chi connectivity index (χ2v) is 6.16. The van der Waals surface area contributed by atoms with E-state index in [0.29, 0.717) is 28.3 Å². The lowest BCUT2D eigenvalue weighted by Gasteiger charge is -2.36. The van der Waals surface area contributed by atoms with Gasteiger partial charge in [-0.2, -0.15) is 0 Å². The van der Waals surface area contributed by atoms with E-state index in [4.69, 9.17) is 20.9 Å². The molecule has 0 saturated heterocycles. The summed E-state index contributed by atoms with van der Waals surface area (Å²) in [5, 5.41) is 0. The lowest BCUT2D eigenvalue weighted by atomic mass is 9.77. The molecule has 5 nitrogen and oxygen atoms in total. The Morgan fingerprint density at radius 2 is 1.36 bits per heavy atom. The quantitative estimate of drug-likeness (QED) is 0.487. The highest BCUT2D eigenvalue weighted by Gasteiger charge is 2.54. The Labute approximate surface area is 143 Å². The minimum atomic E-state index is -1.08. The van der Waals surface area contributed by atoms with E-state index in [1.165, 1.54) is 0 Å². The summed E-state index contributed by atoms with van der Waals surface area (Å²) in [5.41, 5.74) is 14.1. The Balaban J connectivity index is 1.93. The number of benzene rings is 3. The van der Waals surface area contributed by atoms with Crippen molar-refractivity contribution in [3.63, 3.8) is 0 Å². The van der Waals surface area contributed by atoms with Gasteiger partial charge in [0.2, 0.25) is 0 Å². The normalized spacial score (nSPS) is 15.8. The van der Waals surface area contributed by atoms with Crippen LogP contribution in [0.2, 0.25) is 0 Å². The van der Waals surface area contributed by atoms with Crippen molar-refractivity contribution < 1.29 is 14.3 Å². The van der Waals surface area contributed by atoms with Crippen LogP contribution < -0.4 is 16.2 Å². The zero-order valence-electron chi connectivity index (χ0n) is 13.2. The standard InChI is InChI=1S/C20H14N2O3/c21-14-10-9-13-17(18(14)22)19(23)25-20(13)11-5-1-3-7-15(11)24-16-8-4-2-6-12(16)20/h1-10H,21-22H2. The van der Waals surface area contributed by atoms with Crippen molar-refractivity contribution in [1.82, 2.24) is 0 Å². The maximum absolute atomic E-state index is 12.7. The first kappa shape index (κ1) is 13.9. The number of nitrogens with two attached hydrogens (primary N) is 2. The van der Waals surface area contributed by atoms with Gasteiger partial charge in [-0.3, -0.25) is 0 Å². The first-order valence-corrected chi connectivity index (χ1v) is 7.91. The minimum absolute atomic E-state index is 0.251. The molecule has 25 heavy (non-hydrogen) atoms. The van der Waals surface area contributed by atoms with Gasteiger partial charge in [0.15, 0.2) is 5.60 Å². The minimum Gasteiger partial charge on any atom is -0.456 e. The second-order valence-electron chi connectivity index (χ2n) is 6.16. The largest absolute Gasteiger partial charge is 0.456 e. The Bertz CT molecular complexity index is 1010. The highest BCUT2D eigenvalue weighted by atomic mass is 16.6. The molecule has 2 heterocycles. The molecule has 0 amide bonds. The fourth-order valence-electron chi connectivity index (χ4n) is 3.75. The van der Waals surface area contributed by atoms with E-state index < -0.39 is 11.6 Å². The van der Waals surface area contributed by atoms with Gasteiger partial charge in [-0.05, 0) is 18.2 Å². The highest BCUT2D eigenvalue weighted by molar-refractivity contribution is 6.04. The van der Waals surface area contributed by atoms with E-state index in [1.807, 2.05) is 54.6 Å². The molecule has 0 radical (unpaired) electrons. The number of para-hydroxylation sites is 2. The Hall–Kier alpha value is -3.47. The molecular formula is C20H14N2O3. The van der Waals surface area contributed by atoms with Crippen LogP contribution in [-0.4, -0.2) is 5.97 Å². The van der Waals surface area contributed by atoms with Gasteiger partial charge >= 0.3 is 5.97 Å². The maximum atomic E-state index is 12.7. The molecule has 3 aromatic carbocycles. The van der Waals surface area contributed by atoms with E-state index in [-0.39, 0.29) is 5.69 Å². The zero-order chi connectivity index (χ0) is 17.2. The number of anilines is 2. The van der Waals surface area contributed by atoms with Crippen LogP contribution in [0.4, 0.5) is 11.4 Å². The Morgan fingerprint density at radius 3 is 2.00 bits per heavy atom. The maximum Gasteiger partial charge on any atom is 0.342 e. The van der Waals surface area contributed by atoms with Gasteiger partial charge in [0.05, 0.1) is 16.9 Å². The molecule has 0 atom stereocenters. The van der Waals surface area contributed by atoms with Crippen LogP contribution in [0, 0.1) is 0 Å². The van der Waals surface area contributed by atoms with Crippen LogP contribution in [0.3, 0.4) is 0 Å². The van der Waals surface area contributed by atoms with Gasteiger partial charge in [-0.25, -0.2) is 4.79 Å². The molecule has 0 saturated carbocycles. The average Bonchev–Trinajstić information content (AvgIpc) is 2.92. The number of rotatable bonds is 0. The lowest BCUT2D eigenvalue weighted by molar-refractivity contribution is 0.0225. The second kappa shape index (κ2) is 4.54. The third-order valence-corrected chi connectivity index (χ3v) is 4.86. The molecular weight excluding hydrogens is 316 g/mol. The summed E-state index contributed by atoms with van der Waals surface area (Å²) < 4.78 is 12.0. The van der Waals surface area contributed by atoms with E-state index >= 15 is 0 Å². The van der Waals surface area contributed by atoms with Crippen LogP contribution in [-0.2, 0) is 10.3 Å². The number of hydrogen-bond acceptors (Lipinski definition) is 5. The van der Waals surface area contributed by atoms with Crippen molar-refractivity contribution in [2.75, 3.05) is 11.5 Å². The van der Waals surface area contributed by atoms with Gasteiger partial charge in [-0.15, -0.1) is 0 Å². The summed E-state index contributed by atoms with van der Waals surface area (Å²) in [6, 6.07) is 18.6. The molecule has 5 rings (SSSR count). The van der Waals surface area contributed by atoms with Crippen LogP contribution in [0.1, 0.15) is 27.0 Å². The number of nitrogen functional groups attached to an aromatic ring is 2. The third kappa shape index (κ3) is 1.59. The van der Waals surface area contributed by atoms with E-state index in [0.717, 1.165) is 11.1 Å². The SMILES string of the molecule is Nc1ccc2c(c1N)C(=O)OC21c2ccccc2Oc2ccccc21. The summed E-state index contributed by atoms with van der Waals surface area (Å²) >= 11 is 0. The molecule has 4 N–H and O–H groups in total. The van der Waals surface area contributed by atoms with Crippen LogP contribution in [0.5, 0.6) is 11.5 Å². The lowest BCUT2D eigenvalue weighted by Crippen LogP contribution is -2.32. The van der Waals surface area contributed by atoms with Gasteiger partial charge in [0, 0.05) is 16.7 Å². The third-order valence-electron chi connectivity index (χ3n) is 4.86. The van der Waals surface area contributed by atoms with E-state index in [1.54, 1.807) is 6.07 Å². The Kier molecular flexibility index (Phi) is 2.53. The van der Waals surface area contributed by atoms with Gasteiger partial charge in [0.25, 0.3) is 0 Å². The molecule has 0 fully saturated rings. The van der Waals surface area contributed by atoms with E-state index in [2.05, 4.69) is 0 Å². The van der Waals surface area contributed by atoms with Crippen molar-refractivity contribution in [2.45, 2.75) is 5.60 Å². The molecule has 0 aliphatic carbocycles. The molecule has 5 heteroatoms.